The van der Waals surface area contributed by atoms with Gasteiger partial charge in [-0.25, -0.2) is 8.42 Å². The zero-order valence-electron chi connectivity index (χ0n) is 20.0. The third-order valence-corrected chi connectivity index (χ3v) is 7.69. The van der Waals surface area contributed by atoms with Crippen molar-refractivity contribution in [1.82, 2.24) is 5.32 Å². The van der Waals surface area contributed by atoms with Crippen LogP contribution in [0.1, 0.15) is 61.8 Å². The lowest BCUT2D eigenvalue weighted by molar-refractivity contribution is -0.121. The number of rotatable bonds is 9. The van der Waals surface area contributed by atoms with Crippen molar-refractivity contribution in [2.45, 2.75) is 57.9 Å². The number of aryl methyl sites for hydroxylation is 2. The highest BCUT2D eigenvalue weighted by molar-refractivity contribution is 7.92. The van der Waals surface area contributed by atoms with Gasteiger partial charge in [0.25, 0.3) is 0 Å². The fourth-order valence-corrected chi connectivity index (χ4v) is 5.67. The fraction of sp³-hybridized carbons (Fsp3) is 0.500. The highest BCUT2D eigenvalue weighted by atomic mass is 32.2. The van der Waals surface area contributed by atoms with Gasteiger partial charge in [0.05, 0.1) is 18.0 Å². The molecule has 34 heavy (non-hydrogen) atoms. The highest BCUT2D eigenvalue weighted by Crippen LogP contribution is 2.35. The predicted octanol–water partition coefficient (Wildman–Crippen LogP) is 4.15. The number of nitrogens with one attached hydrogen (secondary N) is 1. The number of benzene rings is 2. The topological polar surface area (TPSA) is 84.9 Å². The molecule has 1 unspecified atom stereocenters. The van der Waals surface area contributed by atoms with E-state index >= 15 is 0 Å². The van der Waals surface area contributed by atoms with Crippen LogP contribution in [0.5, 0.6) is 11.5 Å². The molecule has 1 aliphatic carbocycles. The number of ether oxygens (including phenoxy) is 2. The van der Waals surface area contributed by atoms with Crippen LogP contribution in [0.15, 0.2) is 36.4 Å². The molecule has 1 heterocycles. The predicted molar refractivity (Wildman–Crippen MR) is 133 cm³/mol. The number of hydrogen-bond donors (Lipinski definition) is 1. The van der Waals surface area contributed by atoms with Gasteiger partial charge < -0.3 is 14.8 Å². The first-order chi connectivity index (χ1) is 16.3. The Morgan fingerprint density at radius 2 is 1.76 bits per heavy atom. The Morgan fingerprint density at radius 1 is 1.03 bits per heavy atom. The summed E-state index contributed by atoms with van der Waals surface area (Å²) in [6.45, 7) is 3.18. The summed E-state index contributed by atoms with van der Waals surface area (Å²) >= 11 is 0. The standard InChI is InChI=1S/C26H34N2O5S/c1-3-23(21-11-10-19-7-4-5-8-20(19)17-21)27-26(29)9-6-14-28(34(2,30)31)22-12-13-24-25(18-22)33-16-15-32-24/h10-13,17-18,23H,3-9,14-16H2,1-2H3,(H,27,29). The third-order valence-electron chi connectivity index (χ3n) is 6.50. The van der Waals surface area contributed by atoms with E-state index in [0.29, 0.717) is 36.8 Å². The Kier molecular flexibility index (Phi) is 7.66. The molecular formula is C26H34N2O5S. The average molecular weight is 487 g/mol. The number of anilines is 1. The van der Waals surface area contributed by atoms with E-state index in [0.717, 1.165) is 24.8 Å². The molecule has 0 fully saturated rings. The molecule has 1 atom stereocenters. The van der Waals surface area contributed by atoms with Crippen molar-refractivity contribution < 1.29 is 22.7 Å². The maximum atomic E-state index is 12.7. The van der Waals surface area contributed by atoms with E-state index in [-0.39, 0.29) is 24.9 Å². The molecule has 0 aromatic heterocycles. The lowest BCUT2D eigenvalue weighted by Gasteiger charge is -2.25. The van der Waals surface area contributed by atoms with Gasteiger partial charge in [0.1, 0.15) is 13.2 Å². The molecule has 2 aromatic carbocycles. The van der Waals surface area contributed by atoms with E-state index in [2.05, 4.69) is 30.4 Å². The summed E-state index contributed by atoms with van der Waals surface area (Å²) in [6.07, 6.45) is 7.35. The van der Waals surface area contributed by atoms with E-state index in [1.165, 1.54) is 34.5 Å². The van der Waals surface area contributed by atoms with Crippen LogP contribution < -0.4 is 19.1 Å². The van der Waals surface area contributed by atoms with Gasteiger partial charge in [-0.15, -0.1) is 0 Å². The van der Waals surface area contributed by atoms with Crippen LogP contribution in [-0.4, -0.2) is 40.3 Å². The number of carbonyl (C=O) groups excluding carboxylic acids is 1. The largest absolute Gasteiger partial charge is 0.486 e. The second-order valence-electron chi connectivity index (χ2n) is 9.03. The number of carbonyl (C=O) groups is 1. The zero-order chi connectivity index (χ0) is 24.1. The van der Waals surface area contributed by atoms with Gasteiger partial charge in [0, 0.05) is 19.0 Å². The lowest BCUT2D eigenvalue weighted by atomic mass is 9.89. The maximum absolute atomic E-state index is 12.7. The number of hydrogen-bond acceptors (Lipinski definition) is 5. The summed E-state index contributed by atoms with van der Waals surface area (Å²) in [4.78, 5) is 12.7. The molecule has 1 aliphatic heterocycles. The van der Waals surface area contributed by atoms with Gasteiger partial charge in [-0.1, -0.05) is 25.1 Å². The third kappa shape index (κ3) is 5.84. The van der Waals surface area contributed by atoms with Gasteiger partial charge in [0.15, 0.2) is 11.5 Å². The summed E-state index contributed by atoms with van der Waals surface area (Å²) < 4.78 is 37.3. The van der Waals surface area contributed by atoms with Crippen LogP contribution in [0.2, 0.25) is 0 Å². The van der Waals surface area contributed by atoms with Crippen molar-refractivity contribution in [3.8, 4) is 11.5 Å². The Balaban J connectivity index is 1.36. The molecule has 4 rings (SSSR count). The van der Waals surface area contributed by atoms with Crippen LogP contribution in [0.4, 0.5) is 5.69 Å². The van der Waals surface area contributed by atoms with Gasteiger partial charge in [-0.3, -0.25) is 9.10 Å². The van der Waals surface area contributed by atoms with Crippen molar-refractivity contribution >= 4 is 21.6 Å². The number of sulfonamides is 1. The van der Waals surface area contributed by atoms with E-state index in [1.54, 1.807) is 18.2 Å². The molecule has 8 heteroatoms. The first-order valence-electron chi connectivity index (χ1n) is 12.1. The van der Waals surface area contributed by atoms with E-state index in [9.17, 15) is 13.2 Å². The SMILES string of the molecule is CCC(NC(=O)CCCN(c1ccc2c(c1)OCCO2)S(C)(=O)=O)c1ccc2c(c1)CCCC2. The Hall–Kier alpha value is -2.74. The zero-order valence-corrected chi connectivity index (χ0v) is 20.8. The van der Waals surface area contributed by atoms with E-state index < -0.39 is 10.0 Å². The van der Waals surface area contributed by atoms with Crippen LogP contribution in [-0.2, 0) is 27.7 Å². The quantitative estimate of drug-likeness (QED) is 0.576. The Morgan fingerprint density at radius 3 is 2.50 bits per heavy atom. The minimum Gasteiger partial charge on any atom is -0.486 e. The van der Waals surface area contributed by atoms with Crippen molar-refractivity contribution in [2.24, 2.45) is 0 Å². The highest BCUT2D eigenvalue weighted by Gasteiger charge is 2.22. The normalized spacial score (nSPS) is 15.8. The van der Waals surface area contributed by atoms with Crippen molar-refractivity contribution in [1.29, 1.82) is 0 Å². The molecule has 1 N–H and O–H groups in total. The molecule has 2 aromatic rings. The second kappa shape index (κ2) is 10.7. The molecule has 1 amide bonds. The number of fused-ring (bicyclic) bond motifs is 2. The molecule has 2 aliphatic rings. The smallest absolute Gasteiger partial charge is 0.232 e. The Labute approximate surface area is 202 Å². The first kappa shape index (κ1) is 24.4. The summed E-state index contributed by atoms with van der Waals surface area (Å²) in [5.74, 6) is 1.07. The summed E-state index contributed by atoms with van der Waals surface area (Å²) in [6, 6.07) is 11.6. The molecular weight excluding hydrogens is 452 g/mol. The summed E-state index contributed by atoms with van der Waals surface area (Å²) in [7, 11) is -3.52. The molecule has 184 valence electrons. The van der Waals surface area contributed by atoms with Crippen molar-refractivity contribution in [3.05, 3.63) is 53.1 Å². The molecule has 0 saturated carbocycles. The Bertz CT molecular complexity index is 1130. The number of nitrogens with zero attached hydrogens (tertiary/aromatic N) is 1. The minimum absolute atomic E-state index is 0.0384. The fourth-order valence-electron chi connectivity index (χ4n) is 4.71. The van der Waals surface area contributed by atoms with Crippen LogP contribution >= 0.6 is 0 Å². The molecule has 0 spiro atoms. The first-order valence-corrected chi connectivity index (χ1v) is 14.0. The number of amides is 1. The molecule has 0 saturated heterocycles. The monoisotopic (exact) mass is 486 g/mol. The van der Waals surface area contributed by atoms with Crippen LogP contribution in [0.3, 0.4) is 0 Å². The van der Waals surface area contributed by atoms with Gasteiger partial charge in [-0.05, 0) is 67.3 Å². The van der Waals surface area contributed by atoms with Crippen LogP contribution in [0.25, 0.3) is 0 Å². The summed E-state index contributed by atoms with van der Waals surface area (Å²) in [5.41, 5.74) is 4.48. The van der Waals surface area contributed by atoms with Gasteiger partial charge in [-0.2, -0.15) is 0 Å². The second-order valence-corrected chi connectivity index (χ2v) is 10.9. The van der Waals surface area contributed by atoms with Gasteiger partial charge in [0.2, 0.25) is 15.9 Å². The lowest BCUT2D eigenvalue weighted by Crippen LogP contribution is -2.33. The van der Waals surface area contributed by atoms with E-state index in [1.807, 2.05) is 0 Å². The van der Waals surface area contributed by atoms with E-state index in [4.69, 9.17) is 9.47 Å². The van der Waals surface area contributed by atoms with Gasteiger partial charge >= 0.3 is 0 Å². The minimum atomic E-state index is -3.52. The summed E-state index contributed by atoms with van der Waals surface area (Å²) in [5, 5.41) is 3.14. The average Bonchev–Trinajstić information content (AvgIpc) is 2.84. The molecule has 7 nitrogen and oxygen atoms in total. The van der Waals surface area contributed by atoms with Crippen molar-refractivity contribution in [3.63, 3.8) is 0 Å². The molecule has 0 radical (unpaired) electrons. The van der Waals surface area contributed by atoms with Crippen molar-refractivity contribution in [2.75, 3.05) is 30.3 Å². The molecule has 0 bridgehead atoms. The maximum Gasteiger partial charge on any atom is 0.232 e. The van der Waals surface area contributed by atoms with Crippen LogP contribution in [0, 0.1) is 0 Å².